The molecule has 0 bridgehead atoms. The predicted octanol–water partition coefficient (Wildman–Crippen LogP) is 3.57. The molecule has 2 fully saturated rings. The summed E-state index contributed by atoms with van der Waals surface area (Å²) in [5.41, 5.74) is 3.43. The standard InChI is InChI=1S/C37H36F2N10O5/c1-45-32-23(4-2-5-28(32)49(37(45)53)29-12-13-30(50)43-36(29)52)8-11-25-20-46(16-17-54-25)19-22-6-9-24(10-7-22)48-21-27(31(44-48)33(38)39)42-35(51)26-18-41-47-15-3-14-40-34(26)47/h2-7,9-10,14-15,18,21,25,29,33H,8,11-13,16-17,19-20H2,1H3,(H,42,51)(H,43,50,52)/t25-,29?/m1/s1. The van der Waals surface area contributed by atoms with Gasteiger partial charge in [0.25, 0.3) is 12.3 Å². The molecule has 3 amide bonds. The number of nitrogens with zero attached hydrogens (tertiary/aromatic N) is 8. The van der Waals surface area contributed by atoms with Gasteiger partial charge in [-0.1, -0.05) is 24.3 Å². The number of hydrogen-bond donors (Lipinski definition) is 2. The first-order valence-corrected chi connectivity index (χ1v) is 17.6. The SMILES string of the molecule is Cn1c(=O)n(C2CCC(=O)NC2=O)c2cccc(CC[C@@H]3CN(Cc4ccc(-n5cc(NC(=O)c6cnn7cccnc67)c(C(F)F)n5)cc4)CCO3)c21. The second kappa shape index (κ2) is 14.4. The lowest BCUT2D eigenvalue weighted by Gasteiger charge is -2.33. The number of alkyl halides is 2. The van der Waals surface area contributed by atoms with Crippen molar-refractivity contribution in [3.8, 4) is 5.69 Å². The summed E-state index contributed by atoms with van der Waals surface area (Å²) in [6.07, 6.45) is 4.68. The smallest absolute Gasteiger partial charge is 0.329 e. The third-order valence-electron chi connectivity index (χ3n) is 10.00. The number of para-hydroxylation sites is 1. The molecule has 0 saturated carbocycles. The summed E-state index contributed by atoms with van der Waals surface area (Å²) in [5.74, 6) is -1.43. The minimum atomic E-state index is -2.92. The van der Waals surface area contributed by atoms with E-state index in [4.69, 9.17) is 4.74 Å². The number of aryl methyl sites for hydroxylation is 2. The van der Waals surface area contributed by atoms with Crippen LogP contribution >= 0.6 is 0 Å². The molecule has 2 aliphatic heterocycles. The largest absolute Gasteiger partial charge is 0.376 e. The van der Waals surface area contributed by atoms with Crippen LogP contribution in [0.5, 0.6) is 0 Å². The Bertz CT molecular complexity index is 2450. The van der Waals surface area contributed by atoms with Crippen molar-refractivity contribution in [3.05, 3.63) is 106 Å². The molecule has 4 aromatic heterocycles. The third kappa shape index (κ3) is 6.67. The van der Waals surface area contributed by atoms with Crippen LogP contribution in [0.1, 0.15) is 58.9 Å². The normalized spacial score (nSPS) is 18.1. The van der Waals surface area contributed by atoms with E-state index in [1.807, 2.05) is 30.3 Å². The zero-order chi connectivity index (χ0) is 37.5. The molecule has 2 atom stereocenters. The summed E-state index contributed by atoms with van der Waals surface area (Å²) in [6, 6.07) is 14.0. The molecule has 15 nitrogen and oxygen atoms in total. The Balaban J connectivity index is 0.913. The van der Waals surface area contributed by atoms with Crippen LogP contribution in [0.4, 0.5) is 14.5 Å². The first-order chi connectivity index (χ1) is 26.1. The van der Waals surface area contributed by atoms with E-state index in [-0.39, 0.29) is 41.8 Å². The minimum Gasteiger partial charge on any atom is -0.376 e. The monoisotopic (exact) mass is 738 g/mol. The van der Waals surface area contributed by atoms with Gasteiger partial charge in [0.2, 0.25) is 11.8 Å². The maximum atomic E-state index is 14.0. The fraction of sp³-hybridized carbons (Fsp3) is 0.324. The van der Waals surface area contributed by atoms with Crippen LogP contribution in [0.25, 0.3) is 22.4 Å². The van der Waals surface area contributed by atoms with Crippen LogP contribution in [0.2, 0.25) is 0 Å². The average Bonchev–Trinajstić information content (AvgIpc) is 3.86. The average molecular weight is 739 g/mol. The van der Waals surface area contributed by atoms with Crippen molar-refractivity contribution in [1.29, 1.82) is 0 Å². The number of carbonyl (C=O) groups is 3. The van der Waals surface area contributed by atoms with Gasteiger partial charge in [-0.05, 0) is 54.7 Å². The second-order valence-electron chi connectivity index (χ2n) is 13.5. The molecule has 6 aromatic rings. The maximum Gasteiger partial charge on any atom is 0.329 e. The number of imidazole rings is 1. The Hall–Kier alpha value is -6.07. The van der Waals surface area contributed by atoms with Crippen LogP contribution in [0.3, 0.4) is 0 Å². The van der Waals surface area contributed by atoms with Gasteiger partial charge in [0.05, 0.1) is 47.5 Å². The van der Waals surface area contributed by atoms with Gasteiger partial charge in [-0.2, -0.15) is 10.2 Å². The van der Waals surface area contributed by atoms with Crippen molar-refractivity contribution in [1.82, 2.24) is 43.7 Å². The number of fused-ring (bicyclic) bond motifs is 2. The molecule has 2 aliphatic rings. The van der Waals surface area contributed by atoms with Gasteiger partial charge in [0, 0.05) is 45.5 Å². The van der Waals surface area contributed by atoms with Gasteiger partial charge < -0.3 is 10.1 Å². The highest BCUT2D eigenvalue weighted by Gasteiger charge is 2.32. The Morgan fingerprint density at radius 3 is 2.74 bits per heavy atom. The predicted molar refractivity (Wildman–Crippen MR) is 191 cm³/mol. The quantitative estimate of drug-likeness (QED) is 0.200. The van der Waals surface area contributed by atoms with Gasteiger partial charge in [0.1, 0.15) is 11.6 Å². The molecule has 1 unspecified atom stereocenters. The summed E-state index contributed by atoms with van der Waals surface area (Å²) in [5, 5.41) is 13.1. The van der Waals surface area contributed by atoms with Crippen LogP contribution in [0.15, 0.2) is 78.1 Å². The number of carbonyl (C=O) groups excluding carboxylic acids is 3. The zero-order valence-electron chi connectivity index (χ0n) is 29.2. The van der Waals surface area contributed by atoms with E-state index in [2.05, 4.69) is 30.7 Å². The Morgan fingerprint density at radius 1 is 1.11 bits per heavy atom. The molecular formula is C37H36F2N10O5. The molecule has 17 heteroatoms. The number of anilines is 1. The number of nitrogens with one attached hydrogen (secondary N) is 2. The van der Waals surface area contributed by atoms with Crippen molar-refractivity contribution < 1.29 is 27.9 Å². The molecule has 2 N–H and O–H groups in total. The van der Waals surface area contributed by atoms with E-state index in [0.29, 0.717) is 49.4 Å². The molecule has 2 saturated heterocycles. The molecule has 0 aliphatic carbocycles. The Labute approximate surface area is 306 Å². The lowest BCUT2D eigenvalue weighted by molar-refractivity contribution is -0.135. The van der Waals surface area contributed by atoms with E-state index in [0.717, 1.165) is 23.2 Å². The topological polar surface area (TPSA) is 163 Å². The van der Waals surface area contributed by atoms with E-state index in [1.54, 1.807) is 36.0 Å². The van der Waals surface area contributed by atoms with Gasteiger partial charge in [-0.15, -0.1) is 0 Å². The lowest BCUT2D eigenvalue weighted by Crippen LogP contribution is -2.44. The third-order valence-corrected chi connectivity index (χ3v) is 10.00. The summed E-state index contributed by atoms with van der Waals surface area (Å²) in [7, 11) is 1.70. The highest BCUT2D eigenvalue weighted by Crippen LogP contribution is 2.29. The second-order valence-corrected chi connectivity index (χ2v) is 13.5. The van der Waals surface area contributed by atoms with E-state index >= 15 is 0 Å². The highest BCUT2D eigenvalue weighted by atomic mass is 19.3. The first-order valence-electron chi connectivity index (χ1n) is 17.6. The fourth-order valence-corrected chi connectivity index (χ4v) is 7.33. The van der Waals surface area contributed by atoms with Crippen molar-refractivity contribution in [2.75, 3.05) is 25.0 Å². The molecule has 0 radical (unpaired) electrons. The fourth-order valence-electron chi connectivity index (χ4n) is 7.33. The number of aromatic nitrogens is 7. The number of ether oxygens (including phenoxy) is 1. The van der Waals surface area contributed by atoms with Crippen molar-refractivity contribution in [2.45, 2.75) is 50.8 Å². The van der Waals surface area contributed by atoms with Crippen LogP contribution in [0, 0.1) is 0 Å². The van der Waals surface area contributed by atoms with E-state index in [1.165, 1.54) is 32.4 Å². The molecule has 54 heavy (non-hydrogen) atoms. The van der Waals surface area contributed by atoms with Crippen molar-refractivity contribution in [3.63, 3.8) is 0 Å². The number of imide groups is 1. The van der Waals surface area contributed by atoms with Crippen LogP contribution in [-0.2, 0) is 34.3 Å². The number of rotatable bonds is 10. The summed E-state index contributed by atoms with van der Waals surface area (Å²) < 4.78 is 39.9. The van der Waals surface area contributed by atoms with Crippen molar-refractivity contribution >= 4 is 40.1 Å². The summed E-state index contributed by atoms with van der Waals surface area (Å²) in [6.45, 7) is 2.63. The molecule has 2 aromatic carbocycles. The van der Waals surface area contributed by atoms with Gasteiger partial charge in [0.15, 0.2) is 11.3 Å². The van der Waals surface area contributed by atoms with Gasteiger partial charge in [-0.25, -0.2) is 27.8 Å². The minimum absolute atomic E-state index is 0.0514. The van der Waals surface area contributed by atoms with E-state index in [9.17, 15) is 28.0 Å². The lowest BCUT2D eigenvalue weighted by atomic mass is 10.0. The van der Waals surface area contributed by atoms with E-state index < -0.39 is 30.0 Å². The summed E-state index contributed by atoms with van der Waals surface area (Å²) >= 11 is 0. The number of morpholine rings is 1. The van der Waals surface area contributed by atoms with Gasteiger partial charge in [-0.3, -0.25) is 33.7 Å². The molecule has 0 spiro atoms. The van der Waals surface area contributed by atoms with Crippen LogP contribution in [-0.4, -0.2) is 81.9 Å². The molecule has 6 heterocycles. The first kappa shape index (κ1) is 35.0. The highest BCUT2D eigenvalue weighted by molar-refractivity contribution is 6.08. The van der Waals surface area contributed by atoms with Crippen LogP contribution < -0.4 is 16.3 Å². The summed E-state index contributed by atoms with van der Waals surface area (Å²) in [4.78, 5) is 57.1. The number of hydrogen-bond acceptors (Lipinski definition) is 9. The van der Waals surface area contributed by atoms with Gasteiger partial charge >= 0.3 is 5.69 Å². The number of amides is 3. The number of piperidine rings is 1. The molecule has 278 valence electrons. The van der Waals surface area contributed by atoms with Crippen molar-refractivity contribution in [2.24, 2.45) is 7.05 Å². The Morgan fingerprint density at radius 2 is 1.94 bits per heavy atom. The molecular weight excluding hydrogens is 702 g/mol. The Kier molecular flexibility index (Phi) is 9.33. The zero-order valence-corrected chi connectivity index (χ0v) is 29.2. The molecule has 8 rings (SSSR count). The maximum absolute atomic E-state index is 14.0. The number of benzene rings is 2. The number of halogens is 2.